The Bertz CT molecular complexity index is 8.04. The van der Waals surface area contributed by atoms with Crippen LogP contribution in [0.25, 0.3) is 0 Å². The van der Waals surface area contributed by atoms with E-state index in [-0.39, 0.29) is 92.9 Å². The molecule has 0 N–H and O–H groups in total. The summed E-state index contributed by atoms with van der Waals surface area (Å²) in [6.45, 7) is 0. The van der Waals surface area contributed by atoms with Crippen LogP contribution in [0.5, 0.6) is 0 Å². The molecule has 0 heterocycles. The van der Waals surface area contributed by atoms with Crippen LogP contribution in [0, 0.1) is 0 Å². The summed E-state index contributed by atoms with van der Waals surface area (Å²) in [6.07, 6.45) is 0. The second kappa shape index (κ2) is 82.3. The SMILES string of the molecule is [Al+3].[Cl-].[Cl-].[Cl-].[Cl-].[Cl-].[S+2]. The van der Waals surface area contributed by atoms with Crippen molar-refractivity contribution in [3.8, 4) is 0 Å². The third kappa shape index (κ3) is 61.4. The molecule has 0 fully saturated rings. The Kier molecular flexibility index (Phi) is 1400. The van der Waals surface area contributed by atoms with Crippen molar-refractivity contribution >= 4 is 30.9 Å². The van der Waals surface area contributed by atoms with E-state index in [9.17, 15) is 0 Å². The van der Waals surface area contributed by atoms with E-state index in [4.69, 9.17) is 0 Å². The van der Waals surface area contributed by atoms with Crippen LogP contribution in [-0.2, 0) is 13.5 Å². The molecule has 4 radical (unpaired) electrons. The van der Waals surface area contributed by atoms with E-state index in [0.717, 1.165) is 0 Å². The molecule has 0 bridgehead atoms. The van der Waals surface area contributed by atoms with Crippen LogP contribution in [0.4, 0.5) is 0 Å². The summed E-state index contributed by atoms with van der Waals surface area (Å²) in [5, 5.41) is 0. The van der Waals surface area contributed by atoms with Crippen molar-refractivity contribution in [3.63, 3.8) is 0 Å². The van der Waals surface area contributed by atoms with Crippen molar-refractivity contribution in [1.29, 1.82) is 0 Å². The van der Waals surface area contributed by atoms with Gasteiger partial charge in [-0.3, -0.25) is 0 Å². The van der Waals surface area contributed by atoms with Crippen molar-refractivity contribution in [1.82, 2.24) is 0 Å². The number of rotatable bonds is 0. The fourth-order valence-corrected chi connectivity index (χ4v) is 0. The van der Waals surface area contributed by atoms with Crippen molar-refractivity contribution in [2.24, 2.45) is 0 Å². The van der Waals surface area contributed by atoms with Gasteiger partial charge in [-0.15, -0.1) is 0 Å². The number of hydrogen-bond donors (Lipinski definition) is 0. The molecule has 0 aromatic rings. The van der Waals surface area contributed by atoms with Crippen LogP contribution in [0.2, 0.25) is 0 Å². The smallest absolute Gasteiger partial charge is 1.00 e. The van der Waals surface area contributed by atoms with Gasteiger partial charge < -0.3 is 62.0 Å². The summed E-state index contributed by atoms with van der Waals surface area (Å²) >= 11 is 0. The molecule has 0 aliphatic rings. The maximum absolute atomic E-state index is 0. The van der Waals surface area contributed by atoms with Gasteiger partial charge in [-0.25, -0.2) is 0 Å². The van der Waals surface area contributed by atoms with Gasteiger partial charge in [0.15, 0.2) is 0 Å². The van der Waals surface area contributed by atoms with E-state index in [2.05, 4.69) is 0 Å². The van der Waals surface area contributed by atoms with Crippen LogP contribution in [-0.4, -0.2) is 17.4 Å². The minimum absolute atomic E-state index is 0. The molecule has 7 heavy (non-hydrogen) atoms. The minimum Gasteiger partial charge on any atom is -1.00 e. The van der Waals surface area contributed by atoms with Crippen LogP contribution >= 0.6 is 0 Å². The first-order valence-corrected chi connectivity index (χ1v) is 0. The molecule has 44 valence electrons. The van der Waals surface area contributed by atoms with Gasteiger partial charge in [0.1, 0.15) is 0 Å². The predicted molar refractivity (Wildman–Crippen MR) is 13.1 cm³/mol. The van der Waals surface area contributed by atoms with Gasteiger partial charge in [-0.1, -0.05) is 0 Å². The van der Waals surface area contributed by atoms with Crippen molar-refractivity contribution < 1.29 is 62.0 Å². The summed E-state index contributed by atoms with van der Waals surface area (Å²) in [4.78, 5) is 0. The maximum Gasteiger partial charge on any atom is 3.00 e. The zero-order valence-electron chi connectivity index (χ0n) is 2.88. The van der Waals surface area contributed by atoms with Crippen LogP contribution < -0.4 is 62.0 Å². The van der Waals surface area contributed by atoms with Crippen molar-refractivity contribution in [2.75, 3.05) is 0 Å². The number of halogens is 5. The van der Waals surface area contributed by atoms with Crippen LogP contribution in [0.1, 0.15) is 0 Å². The zero-order chi connectivity index (χ0) is 0. The average Bonchev–Trinajstić information content (AvgIpc) is 0. The molecule has 0 nitrogen and oxygen atoms in total. The topological polar surface area (TPSA) is 0 Å². The molecule has 0 aromatic carbocycles. The van der Waals surface area contributed by atoms with Gasteiger partial charge in [-0.2, -0.15) is 0 Å². The predicted octanol–water partition coefficient (Wildman–Crippen LogP) is -15.4. The molecule has 0 saturated carbocycles. The largest absolute Gasteiger partial charge is 3.00 e. The molecule has 7 heteroatoms. The van der Waals surface area contributed by atoms with Gasteiger partial charge in [0.05, 0.1) is 0 Å². The Hall–Kier alpha value is 2.33. The van der Waals surface area contributed by atoms with Gasteiger partial charge >= 0.3 is 30.9 Å². The van der Waals surface area contributed by atoms with E-state index in [0.29, 0.717) is 0 Å². The quantitative estimate of drug-likeness (QED) is 0.367. The Labute approximate surface area is 92.2 Å². The van der Waals surface area contributed by atoms with E-state index >= 15 is 0 Å². The molecular formula is AlCl5S. The van der Waals surface area contributed by atoms with Crippen molar-refractivity contribution in [3.05, 3.63) is 0 Å². The Morgan fingerprint density at radius 3 is 0.429 bits per heavy atom. The summed E-state index contributed by atoms with van der Waals surface area (Å²) in [5.41, 5.74) is 0. The first-order valence-electron chi connectivity index (χ1n) is 0. The second-order valence-electron chi connectivity index (χ2n) is 0. The third-order valence-electron chi connectivity index (χ3n) is 0. The molecule has 0 amide bonds. The second-order valence-corrected chi connectivity index (χ2v) is 0. The molecule has 0 unspecified atom stereocenters. The average molecular weight is 236 g/mol. The first-order chi connectivity index (χ1) is 0. The molecule has 0 atom stereocenters. The number of hydrogen-bond acceptors (Lipinski definition) is 0. The fraction of sp³-hybridized carbons (Fsp3) is 0. The maximum atomic E-state index is 0. The van der Waals surface area contributed by atoms with Gasteiger partial charge in [0.2, 0.25) is 0 Å². The minimum atomic E-state index is 0. The summed E-state index contributed by atoms with van der Waals surface area (Å²) < 4.78 is 0. The van der Waals surface area contributed by atoms with E-state index in [1.54, 1.807) is 0 Å². The molecule has 0 aliphatic carbocycles. The Morgan fingerprint density at radius 1 is 0.429 bits per heavy atom. The van der Waals surface area contributed by atoms with Crippen LogP contribution in [0.3, 0.4) is 0 Å². The Morgan fingerprint density at radius 2 is 0.429 bits per heavy atom. The van der Waals surface area contributed by atoms with E-state index in [1.807, 2.05) is 0 Å². The van der Waals surface area contributed by atoms with Gasteiger partial charge in [-0.05, 0) is 0 Å². The standard InChI is InChI=1S/Al.5ClH.S/h;5*1H;/q+3;;;;;;+2/p-5. The first kappa shape index (κ1) is 119. The van der Waals surface area contributed by atoms with E-state index in [1.165, 1.54) is 0 Å². The zero-order valence-corrected chi connectivity index (χ0v) is 8.63. The Balaban J connectivity index is 0. The molecule has 0 aliphatic heterocycles. The fourth-order valence-electron chi connectivity index (χ4n) is 0. The molecular weight excluding hydrogens is 236 g/mol. The molecule has 0 spiro atoms. The molecule has 0 aromatic heterocycles. The summed E-state index contributed by atoms with van der Waals surface area (Å²) in [5.74, 6) is 0. The van der Waals surface area contributed by atoms with Crippen LogP contribution in [0.15, 0.2) is 0 Å². The summed E-state index contributed by atoms with van der Waals surface area (Å²) in [7, 11) is 0. The van der Waals surface area contributed by atoms with E-state index < -0.39 is 0 Å². The molecule has 0 saturated heterocycles. The summed E-state index contributed by atoms with van der Waals surface area (Å²) in [6, 6.07) is 0. The van der Waals surface area contributed by atoms with Gasteiger partial charge in [0.25, 0.3) is 0 Å². The van der Waals surface area contributed by atoms with Crippen molar-refractivity contribution in [2.45, 2.75) is 0 Å². The molecule has 0 rings (SSSR count). The normalized spacial score (nSPS) is 0. The third-order valence-corrected chi connectivity index (χ3v) is 0. The monoisotopic (exact) mass is 234 g/mol. The van der Waals surface area contributed by atoms with Gasteiger partial charge in [0, 0.05) is 0 Å².